The normalized spacial score (nSPS) is 11.7. The van der Waals surface area contributed by atoms with Crippen molar-refractivity contribution in [3.8, 4) is 0 Å². The molecule has 0 atom stereocenters. The van der Waals surface area contributed by atoms with Crippen molar-refractivity contribution in [2.45, 2.75) is 20.3 Å². The molecule has 0 saturated carbocycles. The van der Waals surface area contributed by atoms with Crippen molar-refractivity contribution < 1.29 is 19.1 Å². The van der Waals surface area contributed by atoms with Crippen molar-refractivity contribution >= 4 is 11.9 Å². The lowest BCUT2D eigenvalue weighted by Gasteiger charge is -2.21. The van der Waals surface area contributed by atoms with E-state index in [-0.39, 0.29) is 38.2 Å². The van der Waals surface area contributed by atoms with Gasteiger partial charge in [0.15, 0.2) is 0 Å². The first-order chi connectivity index (χ1) is 11.0. The van der Waals surface area contributed by atoms with E-state index in [2.05, 4.69) is 4.90 Å². The van der Waals surface area contributed by atoms with E-state index in [1.807, 2.05) is 40.1 Å². The summed E-state index contributed by atoms with van der Waals surface area (Å²) in [4.78, 5) is 27.4. The molecule has 0 unspecified atom stereocenters. The molecule has 6 nitrogen and oxygen atoms in total. The molecule has 0 spiro atoms. The Balaban J connectivity index is 4.36. The second kappa shape index (κ2) is 14.0. The van der Waals surface area contributed by atoms with Gasteiger partial charge in [-0.05, 0) is 40.9 Å². The van der Waals surface area contributed by atoms with Crippen LogP contribution in [0.25, 0.3) is 0 Å². The van der Waals surface area contributed by atoms with Crippen LogP contribution in [-0.2, 0) is 19.1 Å². The quantitative estimate of drug-likeness (QED) is 0.400. The van der Waals surface area contributed by atoms with Gasteiger partial charge in [0.2, 0.25) is 0 Å². The zero-order valence-corrected chi connectivity index (χ0v) is 14.8. The highest BCUT2D eigenvalue weighted by Gasteiger charge is 2.16. The fourth-order valence-electron chi connectivity index (χ4n) is 1.76. The van der Waals surface area contributed by atoms with E-state index < -0.39 is 0 Å². The van der Waals surface area contributed by atoms with Crippen LogP contribution in [0.2, 0.25) is 0 Å². The fourth-order valence-corrected chi connectivity index (χ4v) is 1.76. The predicted molar refractivity (Wildman–Crippen MR) is 91.2 cm³/mol. The minimum atomic E-state index is -0.339. The van der Waals surface area contributed by atoms with E-state index in [1.54, 1.807) is 17.1 Å². The van der Waals surface area contributed by atoms with Gasteiger partial charge >= 0.3 is 11.9 Å². The number of rotatable bonds is 12. The summed E-state index contributed by atoms with van der Waals surface area (Å²) < 4.78 is 10.2. The minimum Gasteiger partial charge on any atom is -0.461 e. The van der Waals surface area contributed by atoms with Crippen molar-refractivity contribution in [3.05, 3.63) is 24.3 Å². The van der Waals surface area contributed by atoms with Gasteiger partial charge in [-0.1, -0.05) is 24.3 Å². The largest absolute Gasteiger partial charge is 0.461 e. The Hall–Kier alpha value is -1.66. The van der Waals surface area contributed by atoms with Gasteiger partial charge in [-0.25, -0.2) is 0 Å². The summed E-state index contributed by atoms with van der Waals surface area (Å²) in [5.74, 6) is -0.677. The molecular weight excluding hydrogens is 296 g/mol. The summed E-state index contributed by atoms with van der Waals surface area (Å²) in [6, 6.07) is 0. The minimum absolute atomic E-state index is 0.0870. The molecule has 0 N–H and O–H groups in total. The number of hydrogen-bond donors (Lipinski definition) is 0. The molecule has 0 rings (SSSR count). The summed E-state index contributed by atoms with van der Waals surface area (Å²) in [7, 11) is 3.97. The lowest BCUT2D eigenvalue weighted by atomic mass is 10.3. The highest BCUT2D eigenvalue weighted by molar-refractivity contribution is 5.75. The first-order valence-corrected chi connectivity index (χ1v) is 7.90. The van der Waals surface area contributed by atoms with Gasteiger partial charge in [0.25, 0.3) is 0 Å². The second-order valence-electron chi connectivity index (χ2n) is 5.37. The van der Waals surface area contributed by atoms with Crippen LogP contribution in [0.3, 0.4) is 0 Å². The number of esters is 2. The molecule has 0 aromatic heterocycles. The molecule has 0 aliphatic rings. The van der Waals surface area contributed by atoms with Crippen LogP contribution < -0.4 is 0 Å². The lowest BCUT2D eigenvalue weighted by molar-refractivity contribution is -0.147. The first-order valence-electron chi connectivity index (χ1n) is 7.90. The molecule has 132 valence electrons. The van der Waals surface area contributed by atoms with Gasteiger partial charge in [0.1, 0.15) is 13.2 Å². The second-order valence-corrected chi connectivity index (χ2v) is 5.37. The van der Waals surface area contributed by atoms with E-state index in [4.69, 9.17) is 9.47 Å². The maximum absolute atomic E-state index is 11.8. The van der Waals surface area contributed by atoms with Crippen molar-refractivity contribution in [2.24, 2.45) is 0 Å². The average Bonchev–Trinajstić information content (AvgIpc) is 2.47. The Morgan fingerprint density at radius 3 is 1.74 bits per heavy atom. The van der Waals surface area contributed by atoms with Crippen LogP contribution in [0.5, 0.6) is 0 Å². The van der Waals surface area contributed by atoms with Crippen LogP contribution >= 0.6 is 0 Å². The average molecular weight is 326 g/mol. The molecular formula is C17H30N2O4. The van der Waals surface area contributed by atoms with Crippen molar-refractivity contribution in [3.63, 3.8) is 0 Å². The summed E-state index contributed by atoms with van der Waals surface area (Å²) in [6.07, 6.45) is 8.03. The van der Waals surface area contributed by atoms with Gasteiger partial charge < -0.3 is 14.4 Å². The standard InChI is InChI=1S/C17H30N2O4/c1-5-7-12-22-16(20)14-19(11-9-10-18(3)4)15-17(21)23-13-8-6-2/h5-8H,9-15H2,1-4H3. The van der Waals surface area contributed by atoms with E-state index >= 15 is 0 Å². The van der Waals surface area contributed by atoms with Crippen LogP contribution in [0, 0.1) is 0 Å². The Bertz CT molecular complexity index is 362. The predicted octanol–water partition coefficient (Wildman–Crippen LogP) is 1.48. The molecule has 0 saturated heterocycles. The zero-order chi connectivity index (χ0) is 17.5. The SMILES string of the molecule is CC=CCOC(=O)CN(CCCN(C)C)CC(=O)OCC=CC. The number of carbonyl (C=O) groups excluding carboxylic acids is 2. The van der Waals surface area contributed by atoms with Crippen molar-refractivity contribution in [1.82, 2.24) is 9.80 Å². The Morgan fingerprint density at radius 2 is 1.35 bits per heavy atom. The Labute approximate surface area is 139 Å². The number of nitrogens with zero attached hydrogens (tertiary/aromatic N) is 2. The third-order valence-corrected chi connectivity index (χ3v) is 2.94. The van der Waals surface area contributed by atoms with E-state index in [1.165, 1.54) is 0 Å². The Kier molecular flexibility index (Phi) is 13.0. The van der Waals surface area contributed by atoms with E-state index in [0.29, 0.717) is 6.54 Å². The number of ether oxygens (including phenoxy) is 2. The molecule has 0 bridgehead atoms. The molecule has 0 aromatic rings. The topological polar surface area (TPSA) is 59.1 Å². The van der Waals surface area contributed by atoms with Crippen LogP contribution in [0.15, 0.2) is 24.3 Å². The summed E-state index contributed by atoms with van der Waals surface area (Å²) in [6.45, 7) is 5.93. The molecule has 0 aromatic carbocycles. The molecule has 6 heteroatoms. The maximum atomic E-state index is 11.8. The Morgan fingerprint density at radius 1 is 0.870 bits per heavy atom. The third-order valence-electron chi connectivity index (χ3n) is 2.94. The molecule has 0 heterocycles. The monoisotopic (exact) mass is 326 g/mol. The zero-order valence-electron chi connectivity index (χ0n) is 14.8. The van der Waals surface area contributed by atoms with Crippen LogP contribution in [-0.4, -0.2) is 75.2 Å². The van der Waals surface area contributed by atoms with Crippen molar-refractivity contribution in [2.75, 3.05) is 53.5 Å². The van der Waals surface area contributed by atoms with Gasteiger partial charge in [-0.3, -0.25) is 14.5 Å². The summed E-state index contributed by atoms with van der Waals surface area (Å²) >= 11 is 0. The van der Waals surface area contributed by atoms with Gasteiger partial charge in [-0.2, -0.15) is 0 Å². The molecule has 0 amide bonds. The fraction of sp³-hybridized carbons (Fsp3) is 0.647. The van der Waals surface area contributed by atoms with Gasteiger partial charge in [-0.15, -0.1) is 0 Å². The number of carbonyl (C=O) groups is 2. The summed E-state index contributed by atoms with van der Waals surface area (Å²) in [5, 5.41) is 0. The van der Waals surface area contributed by atoms with Gasteiger partial charge in [0, 0.05) is 6.54 Å². The van der Waals surface area contributed by atoms with Gasteiger partial charge in [0.05, 0.1) is 13.1 Å². The first kappa shape index (κ1) is 21.3. The highest BCUT2D eigenvalue weighted by atomic mass is 16.5. The molecule has 0 radical (unpaired) electrons. The van der Waals surface area contributed by atoms with Crippen molar-refractivity contribution in [1.29, 1.82) is 0 Å². The number of allylic oxidation sites excluding steroid dienone is 2. The smallest absolute Gasteiger partial charge is 0.320 e. The van der Waals surface area contributed by atoms with E-state index in [0.717, 1.165) is 13.0 Å². The molecule has 0 aliphatic heterocycles. The third kappa shape index (κ3) is 13.7. The molecule has 0 fully saturated rings. The van der Waals surface area contributed by atoms with Crippen LogP contribution in [0.4, 0.5) is 0 Å². The number of hydrogen-bond acceptors (Lipinski definition) is 6. The molecule has 23 heavy (non-hydrogen) atoms. The maximum Gasteiger partial charge on any atom is 0.320 e. The van der Waals surface area contributed by atoms with Crippen LogP contribution in [0.1, 0.15) is 20.3 Å². The highest BCUT2D eigenvalue weighted by Crippen LogP contribution is 1.97. The molecule has 0 aliphatic carbocycles. The lowest BCUT2D eigenvalue weighted by Crippen LogP contribution is -2.37. The van der Waals surface area contributed by atoms with E-state index in [9.17, 15) is 9.59 Å². The summed E-state index contributed by atoms with van der Waals surface area (Å²) in [5.41, 5.74) is 0.